The third-order valence-corrected chi connectivity index (χ3v) is 2.94. The molecule has 0 bridgehead atoms. The van der Waals surface area contributed by atoms with Crippen molar-refractivity contribution in [1.82, 2.24) is 10.2 Å². The van der Waals surface area contributed by atoms with Gasteiger partial charge in [-0.3, -0.25) is 4.79 Å². The maximum atomic E-state index is 12.2. The molecule has 0 saturated carbocycles. The van der Waals surface area contributed by atoms with Crippen molar-refractivity contribution < 1.29 is 9.53 Å². The number of hydrogen-bond donors (Lipinski definition) is 1. The van der Waals surface area contributed by atoms with Crippen LogP contribution in [0.25, 0.3) is 0 Å². The van der Waals surface area contributed by atoms with Gasteiger partial charge in [0.1, 0.15) is 5.60 Å². The van der Waals surface area contributed by atoms with Crippen LogP contribution in [0, 0.1) is 0 Å². The Kier molecular flexibility index (Phi) is 6.64. The van der Waals surface area contributed by atoms with Gasteiger partial charge < -0.3 is 15.0 Å². The Morgan fingerprint density at radius 2 is 2.12 bits per heavy atom. The monoisotopic (exact) mass is 248 g/mol. The van der Waals surface area contributed by atoms with Crippen molar-refractivity contribution in [3.8, 4) is 0 Å². The number of carbonyl (C=O) groups excluding carboxylic acids is 1. The number of amides is 1. The van der Waals surface area contributed by atoms with E-state index in [1.807, 2.05) is 0 Å². The van der Waals surface area contributed by atoms with Gasteiger partial charge in [-0.25, -0.2) is 0 Å². The number of halogens is 1. The second kappa shape index (κ2) is 6.89. The summed E-state index contributed by atoms with van der Waals surface area (Å²) in [5, 5.41) is 3.23. The van der Waals surface area contributed by atoms with Gasteiger partial charge in [-0.2, -0.15) is 0 Å². The van der Waals surface area contributed by atoms with Crippen LogP contribution in [0.4, 0.5) is 0 Å². The average Bonchev–Trinajstić information content (AvgIpc) is 2.29. The van der Waals surface area contributed by atoms with Crippen molar-refractivity contribution in [1.29, 1.82) is 0 Å². The predicted molar refractivity (Wildman–Crippen MR) is 66.9 cm³/mol. The van der Waals surface area contributed by atoms with Gasteiger partial charge in [-0.15, -0.1) is 19.0 Å². The Morgan fingerprint density at radius 3 is 2.56 bits per heavy atom. The molecule has 1 N–H and O–H groups in total. The summed E-state index contributed by atoms with van der Waals surface area (Å²) in [6, 6.07) is 0. The summed E-state index contributed by atoms with van der Waals surface area (Å²) in [4.78, 5) is 13.8. The molecular formula is C11H21ClN2O2. The number of carbonyl (C=O) groups is 1. The van der Waals surface area contributed by atoms with Crippen LogP contribution in [0.3, 0.4) is 0 Å². The number of nitrogens with one attached hydrogen (secondary N) is 1. The van der Waals surface area contributed by atoms with Crippen LogP contribution in [0.1, 0.15) is 12.8 Å². The third kappa shape index (κ3) is 3.20. The molecule has 1 rings (SSSR count). The lowest BCUT2D eigenvalue weighted by Crippen LogP contribution is -2.54. The topological polar surface area (TPSA) is 41.6 Å². The minimum atomic E-state index is -0.622. The Balaban J connectivity index is 0.00000225. The van der Waals surface area contributed by atoms with Crippen molar-refractivity contribution in [2.45, 2.75) is 18.4 Å². The van der Waals surface area contributed by atoms with Crippen molar-refractivity contribution in [3.05, 3.63) is 12.7 Å². The molecule has 0 atom stereocenters. The molecule has 1 saturated heterocycles. The van der Waals surface area contributed by atoms with Crippen LogP contribution in [0.15, 0.2) is 12.7 Å². The number of nitrogens with zero attached hydrogens (tertiary/aromatic N) is 1. The average molecular weight is 249 g/mol. The summed E-state index contributed by atoms with van der Waals surface area (Å²) in [6.07, 6.45) is 3.20. The quantitative estimate of drug-likeness (QED) is 0.749. The number of rotatable bonds is 4. The summed E-state index contributed by atoms with van der Waals surface area (Å²) in [5.41, 5.74) is -0.622. The molecule has 1 fully saturated rings. The van der Waals surface area contributed by atoms with E-state index in [1.54, 1.807) is 25.1 Å². The summed E-state index contributed by atoms with van der Waals surface area (Å²) < 4.78 is 5.44. The van der Waals surface area contributed by atoms with E-state index in [1.165, 1.54) is 0 Å². The van der Waals surface area contributed by atoms with Gasteiger partial charge in [0.2, 0.25) is 0 Å². The Labute approximate surface area is 103 Å². The smallest absolute Gasteiger partial charge is 0.254 e. The molecule has 0 radical (unpaired) electrons. The molecular weight excluding hydrogens is 228 g/mol. The lowest BCUT2D eigenvalue weighted by atomic mass is 9.90. The van der Waals surface area contributed by atoms with Crippen LogP contribution in [-0.4, -0.2) is 50.2 Å². The number of likely N-dealkylation sites (N-methyl/N-ethyl adjacent to an activating group) is 1. The molecule has 16 heavy (non-hydrogen) atoms. The summed E-state index contributed by atoms with van der Waals surface area (Å²) in [5.74, 6) is 0.0615. The molecule has 5 heteroatoms. The van der Waals surface area contributed by atoms with E-state index in [4.69, 9.17) is 4.74 Å². The number of ether oxygens (including phenoxy) is 1. The molecule has 0 aromatic carbocycles. The second-order valence-corrected chi connectivity index (χ2v) is 3.92. The second-order valence-electron chi connectivity index (χ2n) is 3.92. The molecule has 94 valence electrons. The largest absolute Gasteiger partial charge is 0.368 e. The molecule has 1 aliphatic rings. The summed E-state index contributed by atoms with van der Waals surface area (Å²) in [7, 11) is 3.40. The van der Waals surface area contributed by atoms with Crippen LogP contribution in [0.5, 0.6) is 0 Å². The van der Waals surface area contributed by atoms with Crippen LogP contribution in [0.2, 0.25) is 0 Å². The predicted octanol–water partition coefficient (Wildman–Crippen LogP) is 0.821. The van der Waals surface area contributed by atoms with Crippen molar-refractivity contribution in [3.63, 3.8) is 0 Å². The standard InChI is InChI=1S/C11H20N2O2.ClH/c1-4-9-13(2)10(14)11(15-3)5-7-12-8-6-11;/h4,12H,1,5-9H2,2-3H3;1H. The third-order valence-electron chi connectivity index (χ3n) is 2.94. The molecule has 0 aliphatic carbocycles. The molecule has 1 heterocycles. The van der Waals surface area contributed by atoms with E-state index in [9.17, 15) is 4.79 Å². The molecule has 4 nitrogen and oxygen atoms in total. The van der Waals surface area contributed by atoms with E-state index in [0.29, 0.717) is 6.54 Å². The molecule has 0 aromatic rings. The fourth-order valence-corrected chi connectivity index (χ4v) is 1.96. The van der Waals surface area contributed by atoms with E-state index in [2.05, 4.69) is 11.9 Å². The lowest BCUT2D eigenvalue weighted by Gasteiger charge is -2.37. The maximum absolute atomic E-state index is 12.2. The first-order valence-corrected chi connectivity index (χ1v) is 5.28. The zero-order chi connectivity index (χ0) is 11.3. The first-order valence-electron chi connectivity index (χ1n) is 5.28. The van der Waals surface area contributed by atoms with Crippen LogP contribution in [-0.2, 0) is 9.53 Å². The molecule has 1 amide bonds. The van der Waals surface area contributed by atoms with E-state index >= 15 is 0 Å². The highest BCUT2D eigenvalue weighted by Crippen LogP contribution is 2.24. The van der Waals surface area contributed by atoms with E-state index in [-0.39, 0.29) is 18.3 Å². The first-order chi connectivity index (χ1) is 7.16. The van der Waals surface area contributed by atoms with Crippen molar-refractivity contribution >= 4 is 18.3 Å². The molecule has 1 aliphatic heterocycles. The van der Waals surface area contributed by atoms with Crippen LogP contribution >= 0.6 is 12.4 Å². The zero-order valence-electron chi connectivity index (χ0n) is 9.99. The molecule has 0 aromatic heterocycles. The minimum Gasteiger partial charge on any atom is -0.368 e. The van der Waals surface area contributed by atoms with E-state index in [0.717, 1.165) is 25.9 Å². The van der Waals surface area contributed by atoms with Gasteiger partial charge in [0.15, 0.2) is 0 Å². The number of methoxy groups -OCH3 is 1. The highest BCUT2D eigenvalue weighted by atomic mass is 35.5. The van der Waals surface area contributed by atoms with Gasteiger partial charge >= 0.3 is 0 Å². The number of hydrogen-bond acceptors (Lipinski definition) is 3. The summed E-state index contributed by atoms with van der Waals surface area (Å²) in [6.45, 7) is 5.87. The van der Waals surface area contributed by atoms with Crippen LogP contribution < -0.4 is 5.32 Å². The Hall–Kier alpha value is -0.580. The normalized spacial score (nSPS) is 18.4. The zero-order valence-corrected chi connectivity index (χ0v) is 10.8. The van der Waals surface area contributed by atoms with Gasteiger partial charge in [0.05, 0.1) is 0 Å². The van der Waals surface area contributed by atoms with Gasteiger partial charge in [-0.1, -0.05) is 6.08 Å². The maximum Gasteiger partial charge on any atom is 0.254 e. The lowest BCUT2D eigenvalue weighted by molar-refractivity contribution is -0.156. The van der Waals surface area contributed by atoms with Gasteiger partial charge in [-0.05, 0) is 25.9 Å². The molecule has 0 spiro atoms. The number of piperidine rings is 1. The van der Waals surface area contributed by atoms with Crippen molar-refractivity contribution in [2.24, 2.45) is 0 Å². The first kappa shape index (κ1) is 15.4. The van der Waals surface area contributed by atoms with Gasteiger partial charge in [0, 0.05) is 20.7 Å². The fourth-order valence-electron chi connectivity index (χ4n) is 1.96. The van der Waals surface area contributed by atoms with Crippen molar-refractivity contribution in [2.75, 3.05) is 33.8 Å². The Bertz CT molecular complexity index is 240. The summed E-state index contributed by atoms with van der Waals surface area (Å²) >= 11 is 0. The van der Waals surface area contributed by atoms with E-state index < -0.39 is 5.60 Å². The highest BCUT2D eigenvalue weighted by Gasteiger charge is 2.41. The molecule has 0 unspecified atom stereocenters. The SMILES string of the molecule is C=CCN(C)C(=O)C1(OC)CCNCC1.Cl. The fraction of sp³-hybridized carbons (Fsp3) is 0.727. The minimum absolute atomic E-state index is 0. The van der Waals surface area contributed by atoms with Gasteiger partial charge in [0.25, 0.3) is 5.91 Å². The Morgan fingerprint density at radius 1 is 1.56 bits per heavy atom. The highest BCUT2D eigenvalue weighted by molar-refractivity contribution is 5.85.